The molecule has 0 bridgehead atoms. The summed E-state index contributed by atoms with van der Waals surface area (Å²) in [6.07, 6.45) is 6.61. The molecule has 1 rings (SSSR count). The van der Waals surface area contributed by atoms with Gasteiger partial charge in [-0.15, -0.1) is 11.6 Å². The van der Waals surface area contributed by atoms with Crippen LogP contribution in [0.25, 0.3) is 6.08 Å². The number of alkyl halides is 1. The van der Waals surface area contributed by atoms with Crippen LogP contribution in [-0.2, 0) is 0 Å². The Morgan fingerprint density at radius 3 is 2.92 bits per heavy atom. The summed E-state index contributed by atoms with van der Waals surface area (Å²) in [4.78, 5) is 3.95. The molecule has 0 saturated carbocycles. The van der Waals surface area contributed by atoms with Crippen LogP contribution in [0, 0.1) is 0 Å². The van der Waals surface area contributed by atoms with E-state index in [0.717, 1.165) is 12.0 Å². The molecule has 1 aromatic rings. The third kappa shape index (κ3) is 2.93. The van der Waals surface area contributed by atoms with Crippen LogP contribution in [0.2, 0.25) is 0 Å². The molecule has 12 heavy (non-hydrogen) atoms. The third-order valence-electron chi connectivity index (χ3n) is 1.40. The zero-order valence-electron chi connectivity index (χ0n) is 6.70. The molecule has 0 fully saturated rings. The van der Waals surface area contributed by atoms with Gasteiger partial charge in [0.05, 0.1) is 0 Å². The third-order valence-corrected chi connectivity index (χ3v) is 1.61. The number of aromatic nitrogens is 1. The topological polar surface area (TPSA) is 38.9 Å². The van der Waals surface area contributed by atoms with Crippen molar-refractivity contribution < 1.29 is 0 Å². The predicted molar refractivity (Wildman–Crippen MR) is 53.0 cm³/mol. The lowest BCUT2D eigenvalue weighted by atomic mass is 10.2. The van der Waals surface area contributed by atoms with E-state index in [4.69, 9.17) is 17.3 Å². The lowest BCUT2D eigenvalue weighted by Crippen LogP contribution is -1.87. The van der Waals surface area contributed by atoms with Gasteiger partial charge in [-0.25, -0.2) is 4.98 Å². The zero-order chi connectivity index (χ0) is 8.81. The zero-order valence-corrected chi connectivity index (χ0v) is 7.46. The highest BCUT2D eigenvalue weighted by Crippen LogP contribution is 2.03. The van der Waals surface area contributed by atoms with Crippen molar-refractivity contribution in [2.75, 3.05) is 11.6 Å². The molecule has 0 aromatic carbocycles. The minimum atomic E-state index is 0.546. The Morgan fingerprint density at radius 1 is 1.50 bits per heavy atom. The Morgan fingerprint density at radius 2 is 2.33 bits per heavy atom. The highest BCUT2D eigenvalue weighted by molar-refractivity contribution is 6.17. The highest BCUT2D eigenvalue weighted by atomic mass is 35.5. The number of rotatable bonds is 3. The van der Waals surface area contributed by atoms with Gasteiger partial charge in [-0.1, -0.05) is 12.2 Å². The van der Waals surface area contributed by atoms with E-state index in [1.165, 1.54) is 0 Å². The van der Waals surface area contributed by atoms with Crippen molar-refractivity contribution >= 4 is 23.5 Å². The maximum Gasteiger partial charge on any atom is 0.123 e. The van der Waals surface area contributed by atoms with Crippen LogP contribution < -0.4 is 5.73 Å². The molecule has 3 heteroatoms. The molecular weight excluding hydrogens is 172 g/mol. The average molecular weight is 183 g/mol. The van der Waals surface area contributed by atoms with Gasteiger partial charge in [0, 0.05) is 12.1 Å². The fraction of sp³-hybridized carbons (Fsp3) is 0.222. The quantitative estimate of drug-likeness (QED) is 0.729. The number of nitrogen functional groups attached to an aromatic ring is 1. The smallest absolute Gasteiger partial charge is 0.123 e. The molecular formula is C9H11ClN2. The number of halogens is 1. The van der Waals surface area contributed by atoms with Crippen molar-refractivity contribution in [1.82, 2.24) is 4.98 Å². The largest absolute Gasteiger partial charge is 0.384 e. The lowest BCUT2D eigenvalue weighted by molar-refractivity contribution is 1.24. The number of anilines is 1. The summed E-state index contributed by atoms with van der Waals surface area (Å²) in [5, 5.41) is 0. The Hall–Kier alpha value is -1.02. The molecule has 0 aliphatic carbocycles. The number of allylic oxidation sites excluding steroid dienone is 1. The van der Waals surface area contributed by atoms with Crippen LogP contribution in [-0.4, -0.2) is 10.9 Å². The van der Waals surface area contributed by atoms with E-state index in [2.05, 4.69) is 4.98 Å². The number of hydrogen-bond acceptors (Lipinski definition) is 2. The number of pyridine rings is 1. The molecule has 64 valence electrons. The van der Waals surface area contributed by atoms with E-state index in [9.17, 15) is 0 Å². The van der Waals surface area contributed by atoms with E-state index >= 15 is 0 Å². The summed E-state index contributed by atoms with van der Waals surface area (Å²) in [6.45, 7) is 0. The van der Waals surface area contributed by atoms with Gasteiger partial charge in [0.25, 0.3) is 0 Å². The van der Waals surface area contributed by atoms with Crippen molar-refractivity contribution in [2.24, 2.45) is 0 Å². The first-order valence-electron chi connectivity index (χ1n) is 3.77. The summed E-state index contributed by atoms with van der Waals surface area (Å²) in [5.41, 5.74) is 6.48. The lowest BCUT2D eigenvalue weighted by Gasteiger charge is -1.92. The van der Waals surface area contributed by atoms with Crippen molar-refractivity contribution in [2.45, 2.75) is 6.42 Å². The molecule has 0 unspecified atom stereocenters. The van der Waals surface area contributed by atoms with Gasteiger partial charge in [0.1, 0.15) is 5.82 Å². The van der Waals surface area contributed by atoms with Crippen LogP contribution in [0.4, 0.5) is 5.82 Å². The second-order valence-corrected chi connectivity index (χ2v) is 2.77. The second-order valence-electron chi connectivity index (χ2n) is 2.40. The van der Waals surface area contributed by atoms with E-state index in [-0.39, 0.29) is 0 Å². The first kappa shape index (κ1) is 9.07. The molecule has 0 aliphatic heterocycles. The average Bonchev–Trinajstić information content (AvgIpc) is 2.09. The predicted octanol–water partition coefficient (Wildman–Crippen LogP) is 2.31. The summed E-state index contributed by atoms with van der Waals surface area (Å²) >= 11 is 5.51. The van der Waals surface area contributed by atoms with Crippen molar-refractivity contribution in [3.05, 3.63) is 30.0 Å². The molecule has 0 spiro atoms. The van der Waals surface area contributed by atoms with Crippen LogP contribution in [0.15, 0.2) is 24.4 Å². The van der Waals surface area contributed by atoms with Crippen LogP contribution in [0.1, 0.15) is 12.0 Å². The summed E-state index contributed by atoms with van der Waals surface area (Å²) in [6, 6.07) is 3.70. The Balaban J connectivity index is 2.58. The molecule has 0 saturated heterocycles. The maximum atomic E-state index is 5.51. The fourth-order valence-electron chi connectivity index (χ4n) is 0.798. The first-order valence-corrected chi connectivity index (χ1v) is 4.30. The SMILES string of the molecule is Nc1ccc(C=CCCCl)cn1. The summed E-state index contributed by atoms with van der Waals surface area (Å²) < 4.78 is 0. The van der Waals surface area contributed by atoms with Gasteiger partial charge < -0.3 is 5.73 Å². The molecule has 0 aliphatic rings. The van der Waals surface area contributed by atoms with Gasteiger partial charge >= 0.3 is 0 Å². The molecule has 2 N–H and O–H groups in total. The van der Waals surface area contributed by atoms with E-state index in [1.54, 1.807) is 12.3 Å². The maximum absolute atomic E-state index is 5.51. The standard InChI is InChI=1S/C9H11ClN2/c10-6-2-1-3-8-4-5-9(11)12-7-8/h1,3-5,7H,2,6H2,(H2,11,12). The van der Waals surface area contributed by atoms with Gasteiger partial charge in [-0.2, -0.15) is 0 Å². The highest BCUT2D eigenvalue weighted by Gasteiger charge is 1.86. The summed E-state index contributed by atoms with van der Waals surface area (Å²) in [5.74, 6) is 1.20. The Kier molecular flexibility index (Phi) is 3.61. The summed E-state index contributed by atoms with van der Waals surface area (Å²) in [7, 11) is 0. The number of hydrogen-bond donors (Lipinski definition) is 1. The number of nitrogens with zero attached hydrogens (tertiary/aromatic N) is 1. The van der Waals surface area contributed by atoms with Gasteiger partial charge in [0.15, 0.2) is 0 Å². The van der Waals surface area contributed by atoms with Crippen LogP contribution in [0.5, 0.6) is 0 Å². The van der Waals surface area contributed by atoms with Gasteiger partial charge in [-0.3, -0.25) is 0 Å². The van der Waals surface area contributed by atoms with Crippen molar-refractivity contribution in [1.29, 1.82) is 0 Å². The van der Waals surface area contributed by atoms with Crippen molar-refractivity contribution in [3.63, 3.8) is 0 Å². The molecule has 1 heterocycles. The minimum Gasteiger partial charge on any atom is -0.384 e. The van der Waals surface area contributed by atoms with Gasteiger partial charge in [-0.05, 0) is 24.1 Å². The monoisotopic (exact) mass is 182 g/mol. The number of nitrogens with two attached hydrogens (primary N) is 1. The molecule has 1 aromatic heterocycles. The second kappa shape index (κ2) is 4.78. The van der Waals surface area contributed by atoms with E-state index in [0.29, 0.717) is 11.7 Å². The molecule has 0 amide bonds. The molecule has 0 atom stereocenters. The van der Waals surface area contributed by atoms with Gasteiger partial charge in [0.2, 0.25) is 0 Å². The Bertz CT molecular complexity index is 254. The fourth-order valence-corrected chi connectivity index (χ4v) is 0.924. The first-order chi connectivity index (χ1) is 5.83. The van der Waals surface area contributed by atoms with Crippen LogP contribution >= 0.6 is 11.6 Å². The van der Waals surface area contributed by atoms with Crippen molar-refractivity contribution in [3.8, 4) is 0 Å². The Labute approximate surface area is 77.1 Å². The van der Waals surface area contributed by atoms with E-state index < -0.39 is 0 Å². The minimum absolute atomic E-state index is 0.546. The molecule has 0 radical (unpaired) electrons. The van der Waals surface area contributed by atoms with Crippen LogP contribution in [0.3, 0.4) is 0 Å². The normalized spacial score (nSPS) is 10.8. The van der Waals surface area contributed by atoms with E-state index in [1.807, 2.05) is 18.2 Å². The molecule has 2 nitrogen and oxygen atoms in total.